The van der Waals surface area contributed by atoms with Crippen molar-refractivity contribution in [3.05, 3.63) is 107 Å². The van der Waals surface area contributed by atoms with Crippen molar-refractivity contribution in [1.29, 1.82) is 0 Å². The van der Waals surface area contributed by atoms with Crippen LogP contribution in [0.15, 0.2) is 73.1 Å². The number of halogens is 3. The Morgan fingerprint density at radius 3 is 2.31 bits per heavy atom. The van der Waals surface area contributed by atoms with Gasteiger partial charge in [-0.2, -0.15) is 12.7 Å². The first-order valence-electron chi connectivity index (χ1n) is 22.8. The number of piperidine rings is 2. The van der Waals surface area contributed by atoms with E-state index in [2.05, 4.69) is 36.1 Å². The molecule has 3 aromatic carbocycles. The van der Waals surface area contributed by atoms with E-state index in [1.54, 1.807) is 17.2 Å². The Bertz CT molecular complexity index is 2880. The Morgan fingerprint density at radius 2 is 1.58 bits per heavy atom. The zero-order valence-electron chi connectivity index (χ0n) is 36.6. The number of pyridine rings is 1. The van der Waals surface area contributed by atoms with E-state index >= 15 is 8.78 Å². The van der Waals surface area contributed by atoms with Crippen molar-refractivity contribution >= 4 is 61.8 Å². The summed E-state index contributed by atoms with van der Waals surface area (Å²) in [6, 6.07) is 16.8. The third-order valence-electron chi connectivity index (χ3n) is 14.0. The van der Waals surface area contributed by atoms with Gasteiger partial charge in [-0.05, 0) is 104 Å². The van der Waals surface area contributed by atoms with Crippen LogP contribution in [0.1, 0.15) is 70.4 Å². The molecule has 5 aliphatic heterocycles. The van der Waals surface area contributed by atoms with Crippen molar-refractivity contribution in [2.24, 2.45) is 5.92 Å². The first-order valence-corrected chi connectivity index (χ1v) is 24.3. The van der Waals surface area contributed by atoms with Gasteiger partial charge >= 0.3 is 10.2 Å². The first-order chi connectivity index (χ1) is 32.3. The molecule has 10 rings (SSSR count). The molecule has 4 fully saturated rings. The van der Waals surface area contributed by atoms with Gasteiger partial charge in [0.15, 0.2) is 5.82 Å². The number of alkyl halides is 1. The highest BCUT2D eigenvalue weighted by atomic mass is 32.2. The van der Waals surface area contributed by atoms with Crippen molar-refractivity contribution in [3.8, 4) is 11.1 Å². The smallest absolute Gasteiger partial charge is 0.301 e. The molecule has 1 unspecified atom stereocenters. The Hall–Kier alpha value is -6.31. The molecular weight excluding hydrogens is 888 g/mol. The van der Waals surface area contributed by atoms with Crippen LogP contribution in [0, 0.1) is 17.6 Å². The van der Waals surface area contributed by atoms with Gasteiger partial charge in [0.25, 0.3) is 5.91 Å². The molecule has 5 aromatic rings. The Balaban J connectivity index is 0.711. The summed E-state index contributed by atoms with van der Waals surface area (Å²) in [6.45, 7) is 6.48. The average molecular weight is 938 g/mol. The minimum atomic E-state index is -4.35. The molecule has 0 aliphatic carbocycles. The zero-order valence-corrected chi connectivity index (χ0v) is 37.5. The number of anilines is 3. The second kappa shape index (κ2) is 18.1. The first kappa shape index (κ1) is 44.5. The van der Waals surface area contributed by atoms with Crippen molar-refractivity contribution in [3.63, 3.8) is 0 Å². The highest BCUT2D eigenvalue weighted by Crippen LogP contribution is 2.34. The molecule has 67 heavy (non-hydrogen) atoms. The molecule has 4 saturated heterocycles. The summed E-state index contributed by atoms with van der Waals surface area (Å²) in [5.74, 6) is -3.77. The van der Waals surface area contributed by atoms with Crippen LogP contribution in [-0.2, 0) is 26.3 Å². The van der Waals surface area contributed by atoms with Crippen LogP contribution in [-0.4, -0.2) is 127 Å². The van der Waals surface area contributed by atoms with Gasteiger partial charge in [-0.3, -0.25) is 34.1 Å². The Labute approximate surface area is 385 Å². The third kappa shape index (κ3) is 8.87. The lowest BCUT2D eigenvalue weighted by Gasteiger charge is -2.38. The van der Waals surface area contributed by atoms with Crippen molar-refractivity contribution < 1.29 is 40.8 Å². The lowest BCUT2D eigenvalue weighted by Crippen LogP contribution is -2.52. The van der Waals surface area contributed by atoms with Gasteiger partial charge in [0, 0.05) is 111 Å². The number of hydrogen-bond donors (Lipinski definition) is 3. The molecule has 0 radical (unpaired) electrons. The Kier molecular flexibility index (Phi) is 12.0. The number of nitrogens with one attached hydrogen (secondary N) is 3. The molecular formula is C48H50F3N9O6S. The van der Waals surface area contributed by atoms with Gasteiger partial charge in [-0.1, -0.05) is 12.1 Å². The van der Waals surface area contributed by atoms with Crippen LogP contribution in [0.4, 0.5) is 30.2 Å². The van der Waals surface area contributed by atoms with Crippen molar-refractivity contribution in [1.82, 2.24) is 29.4 Å². The fourth-order valence-corrected chi connectivity index (χ4v) is 11.4. The largest absolute Gasteiger partial charge is 0.372 e. The van der Waals surface area contributed by atoms with E-state index in [0.29, 0.717) is 41.0 Å². The van der Waals surface area contributed by atoms with E-state index in [1.807, 2.05) is 41.1 Å². The topological polar surface area (TPSA) is 171 Å². The SMILES string of the molecule is O=C1CCC(N2Cc3cc(N4CCC(CCN5CCN(c6ccc(-c7cnc8[nH]cc(C(=O)c9c(F)ccc(NS(=O)(=O)N%10CC[C@@H](F)C%10)c9F)c8c7)cc6)CC5)CC4)ccc3C2=O)C(=O)N1. The highest BCUT2D eigenvalue weighted by molar-refractivity contribution is 7.90. The number of aromatic nitrogens is 2. The summed E-state index contributed by atoms with van der Waals surface area (Å²) in [7, 11) is -4.35. The van der Waals surface area contributed by atoms with E-state index in [4.69, 9.17) is 0 Å². The standard InChI is InChI=1S/C48H50F3N9O6S/c49-33-14-18-59(28-33)67(65,66)55-40-8-7-39(50)43(44(40)51)45(62)38-26-53-46-37(38)24-31(25-52-46)30-1-3-34(4-2-30)58-21-19-56(20-22-58)15-11-29-12-16-57(17-13-29)35-5-6-36-32(23-35)27-60(48(36)64)41-9-10-42(61)54-47(41)63/h1-8,23-26,29,33,41,55H,9-22,27-28H2,(H,52,53)(H,54,61,63)/t33-,41?/m1/s1. The van der Waals surface area contributed by atoms with Gasteiger partial charge in [0.05, 0.1) is 11.3 Å². The van der Waals surface area contributed by atoms with Crippen molar-refractivity contribution in [2.75, 3.05) is 73.4 Å². The molecule has 0 bridgehead atoms. The van der Waals surface area contributed by atoms with Gasteiger partial charge in [0.2, 0.25) is 17.6 Å². The van der Waals surface area contributed by atoms with Crippen LogP contribution in [0.2, 0.25) is 0 Å². The monoisotopic (exact) mass is 937 g/mol. The van der Waals surface area contributed by atoms with E-state index in [0.717, 1.165) is 104 Å². The second-order valence-electron chi connectivity index (χ2n) is 18.1. The predicted molar refractivity (Wildman–Crippen MR) is 246 cm³/mol. The summed E-state index contributed by atoms with van der Waals surface area (Å²) in [5, 5.41) is 2.70. The van der Waals surface area contributed by atoms with Gasteiger partial charge in [-0.15, -0.1) is 0 Å². The van der Waals surface area contributed by atoms with Gasteiger partial charge < -0.3 is 19.7 Å². The maximum atomic E-state index is 15.8. The number of benzene rings is 3. The molecule has 3 amide bonds. The highest BCUT2D eigenvalue weighted by Gasteiger charge is 2.40. The molecule has 2 atom stereocenters. The summed E-state index contributed by atoms with van der Waals surface area (Å²) < 4.78 is 73.1. The summed E-state index contributed by atoms with van der Waals surface area (Å²) in [4.78, 5) is 67.2. The number of aromatic amines is 1. The van der Waals surface area contributed by atoms with E-state index in [-0.39, 0.29) is 43.3 Å². The van der Waals surface area contributed by atoms with Crippen LogP contribution < -0.4 is 19.8 Å². The molecule has 0 spiro atoms. The number of fused-ring (bicyclic) bond motifs is 2. The summed E-state index contributed by atoms with van der Waals surface area (Å²) in [6.07, 6.45) is 5.53. The maximum absolute atomic E-state index is 15.8. The molecule has 7 heterocycles. The lowest BCUT2D eigenvalue weighted by molar-refractivity contribution is -0.136. The number of carbonyl (C=O) groups is 4. The minimum Gasteiger partial charge on any atom is -0.372 e. The van der Waals surface area contributed by atoms with Crippen LogP contribution in [0.25, 0.3) is 22.2 Å². The lowest BCUT2D eigenvalue weighted by atomic mass is 9.92. The quantitative estimate of drug-likeness (QED) is 0.105. The summed E-state index contributed by atoms with van der Waals surface area (Å²) in [5.41, 5.74) is 3.97. The number of imide groups is 1. The third-order valence-corrected chi connectivity index (χ3v) is 15.5. The van der Waals surface area contributed by atoms with E-state index in [1.165, 1.54) is 6.20 Å². The number of hydrogen-bond acceptors (Lipinski definition) is 10. The zero-order chi connectivity index (χ0) is 46.6. The molecule has 15 nitrogen and oxygen atoms in total. The predicted octanol–water partition coefficient (Wildman–Crippen LogP) is 5.63. The summed E-state index contributed by atoms with van der Waals surface area (Å²) >= 11 is 0. The number of rotatable bonds is 12. The number of carbonyl (C=O) groups excluding carboxylic acids is 4. The molecule has 19 heteroatoms. The van der Waals surface area contributed by atoms with Crippen LogP contribution >= 0.6 is 0 Å². The molecule has 350 valence electrons. The maximum Gasteiger partial charge on any atom is 0.301 e. The normalized spacial score (nSPS) is 21.1. The van der Waals surface area contributed by atoms with E-state index in [9.17, 15) is 32.0 Å². The fraction of sp³-hybridized carbons (Fsp3) is 0.396. The number of H-pyrrole nitrogens is 1. The number of ketones is 1. The molecule has 2 aromatic heterocycles. The molecule has 3 N–H and O–H groups in total. The van der Waals surface area contributed by atoms with Gasteiger partial charge in [0.1, 0.15) is 23.7 Å². The number of piperazine rings is 1. The minimum absolute atomic E-state index is 0.00454. The Morgan fingerprint density at radius 1 is 0.836 bits per heavy atom. The number of amides is 3. The molecule has 0 saturated carbocycles. The molecule has 5 aliphatic rings. The van der Waals surface area contributed by atoms with Crippen LogP contribution in [0.5, 0.6) is 0 Å². The van der Waals surface area contributed by atoms with Gasteiger partial charge in [-0.25, -0.2) is 18.2 Å². The number of nitrogens with zero attached hydrogens (tertiary/aromatic N) is 6. The fourth-order valence-electron chi connectivity index (χ4n) is 10.1. The second-order valence-corrected chi connectivity index (χ2v) is 19.8. The van der Waals surface area contributed by atoms with E-state index < -0.39 is 57.0 Å². The van der Waals surface area contributed by atoms with Crippen LogP contribution in [0.3, 0.4) is 0 Å². The average Bonchev–Trinajstić information content (AvgIpc) is 4.06. The van der Waals surface area contributed by atoms with Crippen molar-refractivity contribution in [2.45, 2.75) is 57.3 Å².